The quantitative estimate of drug-likeness (QED) is 0.671. The van der Waals surface area contributed by atoms with E-state index >= 15 is 0 Å². The number of nitrogens with zero attached hydrogens (tertiary/aromatic N) is 1. The van der Waals surface area contributed by atoms with Gasteiger partial charge in [0, 0.05) is 29.8 Å². The average molecular weight is 340 g/mol. The lowest BCUT2D eigenvalue weighted by Crippen LogP contribution is -2.31. The Kier molecular flexibility index (Phi) is 4.66. The molecule has 122 valence electrons. The van der Waals surface area contributed by atoms with Gasteiger partial charge >= 0.3 is 0 Å². The van der Waals surface area contributed by atoms with Crippen LogP contribution in [0.5, 0.6) is 0 Å². The molecule has 1 heterocycles. The van der Waals surface area contributed by atoms with Crippen LogP contribution in [-0.4, -0.2) is 34.9 Å². The number of anilines is 1. The van der Waals surface area contributed by atoms with Crippen molar-refractivity contribution in [3.63, 3.8) is 0 Å². The fourth-order valence-corrected chi connectivity index (χ4v) is 3.37. The van der Waals surface area contributed by atoms with Crippen LogP contribution in [0.1, 0.15) is 27.6 Å². The Balaban J connectivity index is 1.57. The molecule has 3 rings (SSSR count). The summed E-state index contributed by atoms with van der Waals surface area (Å²) in [6.07, 6.45) is 0. The number of benzene rings is 2. The van der Waals surface area contributed by atoms with Crippen LogP contribution in [0.15, 0.2) is 53.4 Å². The van der Waals surface area contributed by atoms with Crippen LogP contribution in [0.4, 0.5) is 5.69 Å². The van der Waals surface area contributed by atoms with E-state index in [0.717, 1.165) is 10.6 Å². The minimum Gasteiger partial charge on any atom is -0.326 e. The molecule has 1 aliphatic heterocycles. The molecule has 0 bridgehead atoms. The first-order valence-corrected chi connectivity index (χ1v) is 8.50. The van der Waals surface area contributed by atoms with Crippen molar-refractivity contribution in [2.75, 3.05) is 17.6 Å². The number of imide groups is 1. The molecule has 0 saturated carbocycles. The lowest BCUT2D eigenvalue weighted by Gasteiger charge is -2.13. The molecule has 0 fully saturated rings. The van der Waals surface area contributed by atoms with Gasteiger partial charge in [0.1, 0.15) is 0 Å². The van der Waals surface area contributed by atoms with Gasteiger partial charge < -0.3 is 5.32 Å². The summed E-state index contributed by atoms with van der Waals surface area (Å²) in [6, 6.07) is 14.3. The highest BCUT2D eigenvalue weighted by atomic mass is 32.2. The monoisotopic (exact) mass is 340 g/mol. The highest BCUT2D eigenvalue weighted by molar-refractivity contribution is 7.99. The summed E-state index contributed by atoms with van der Waals surface area (Å²) in [5.74, 6) is 0.0562. The Labute approximate surface area is 144 Å². The number of thioether (sulfide) groups is 1. The summed E-state index contributed by atoms with van der Waals surface area (Å²) in [7, 11) is 0. The molecule has 1 aliphatic rings. The van der Waals surface area contributed by atoms with Gasteiger partial charge in [-0.05, 0) is 36.4 Å². The molecule has 0 aliphatic carbocycles. The number of hydrogen-bond donors (Lipinski definition) is 1. The van der Waals surface area contributed by atoms with Gasteiger partial charge in [-0.25, -0.2) is 0 Å². The van der Waals surface area contributed by atoms with E-state index in [1.807, 2.05) is 24.3 Å². The van der Waals surface area contributed by atoms with Crippen LogP contribution in [-0.2, 0) is 4.79 Å². The molecular formula is C18H16N2O3S. The van der Waals surface area contributed by atoms with Crippen molar-refractivity contribution in [3.8, 4) is 0 Å². The normalized spacial score (nSPS) is 13.1. The fraction of sp³-hybridized carbons (Fsp3) is 0.167. The van der Waals surface area contributed by atoms with Crippen molar-refractivity contribution in [1.82, 2.24) is 4.90 Å². The molecule has 2 aromatic rings. The second-order valence-electron chi connectivity index (χ2n) is 5.36. The highest BCUT2D eigenvalue weighted by Gasteiger charge is 2.34. The maximum absolute atomic E-state index is 12.3. The van der Waals surface area contributed by atoms with Gasteiger partial charge in [0.25, 0.3) is 11.8 Å². The zero-order valence-electron chi connectivity index (χ0n) is 13.1. The van der Waals surface area contributed by atoms with E-state index in [2.05, 4.69) is 5.32 Å². The van der Waals surface area contributed by atoms with E-state index < -0.39 is 0 Å². The molecule has 0 radical (unpaired) electrons. The zero-order valence-corrected chi connectivity index (χ0v) is 13.9. The fourth-order valence-electron chi connectivity index (χ4n) is 2.53. The topological polar surface area (TPSA) is 66.5 Å². The van der Waals surface area contributed by atoms with Gasteiger partial charge in [-0.15, -0.1) is 11.8 Å². The Morgan fingerprint density at radius 1 is 1.00 bits per heavy atom. The summed E-state index contributed by atoms with van der Waals surface area (Å²) in [5, 5.41) is 2.71. The standard InChI is InChI=1S/C18H16N2O3S/c1-12(21)19-13-6-8-14(9-7-13)24-11-10-20-17(22)15-4-2-3-5-16(15)18(20)23/h2-9H,10-11H2,1H3,(H,19,21). The van der Waals surface area contributed by atoms with E-state index in [0.29, 0.717) is 23.4 Å². The smallest absolute Gasteiger partial charge is 0.261 e. The number of rotatable bonds is 5. The van der Waals surface area contributed by atoms with E-state index in [4.69, 9.17) is 0 Å². The Hall–Kier alpha value is -2.60. The number of fused-ring (bicyclic) bond motifs is 1. The van der Waals surface area contributed by atoms with E-state index in [1.165, 1.54) is 11.8 Å². The van der Waals surface area contributed by atoms with Crippen molar-refractivity contribution < 1.29 is 14.4 Å². The third kappa shape index (κ3) is 3.33. The van der Waals surface area contributed by atoms with Crippen LogP contribution >= 0.6 is 11.8 Å². The molecule has 5 nitrogen and oxygen atoms in total. The summed E-state index contributed by atoms with van der Waals surface area (Å²) >= 11 is 1.56. The number of nitrogens with one attached hydrogen (secondary N) is 1. The lowest BCUT2D eigenvalue weighted by atomic mass is 10.1. The molecule has 3 amide bonds. The molecule has 0 aromatic heterocycles. The number of amides is 3. The number of carbonyl (C=O) groups is 3. The summed E-state index contributed by atoms with van der Waals surface area (Å²) in [5.41, 5.74) is 1.70. The van der Waals surface area contributed by atoms with Gasteiger partial charge in [0.2, 0.25) is 5.91 Å². The van der Waals surface area contributed by atoms with Gasteiger partial charge in [-0.3, -0.25) is 19.3 Å². The largest absolute Gasteiger partial charge is 0.326 e. The first kappa shape index (κ1) is 16.3. The molecule has 0 saturated heterocycles. The van der Waals surface area contributed by atoms with Gasteiger partial charge in [-0.2, -0.15) is 0 Å². The van der Waals surface area contributed by atoms with Crippen molar-refractivity contribution in [2.45, 2.75) is 11.8 Å². The van der Waals surface area contributed by atoms with Crippen LogP contribution in [0.2, 0.25) is 0 Å². The van der Waals surface area contributed by atoms with E-state index in [1.54, 1.807) is 36.0 Å². The minimum absolute atomic E-state index is 0.110. The third-order valence-electron chi connectivity index (χ3n) is 3.64. The summed E-state index contributed by atoms with van der Waals surface area (Å²) < 4.78 is 0. The molecule has 1 N–H and O–H groups in total. The van der Waals surface area contributed by atoms with Gasteiger partial charge in [-0.1, -0.05) is 12.1 Å². The van der Waals surface area contributed by atoms with Gasteiger partial charge in [0.05, 0.1) is 11.1 Å². The third-order valence-corrected chi connectivity index (χ3v) is 4.63. The number of carbonyl (C=O) groups excluding carboxylic acids is 3. The molecular weight excluding hydrogens is 324 g/mol. The SMILES string of the molecule is CC(=O)Nc1ccc(SCCN2C(=O)c3ccccc3C2=O)cc1. The highest BCUT2D eigenvalue weighted by Crippen LogP contribution is 2.25. The first-order chi connectivity index (χ1) is 11.6. The Morgan fingerprint density at radius 2 is 1.58 bits per heavy atom. The van der Waals surface area contributed by atoms with Crippen LogP contribution in [0.3, 0.4) is 0 Å². The number of hydrogen-bond acceptors (Lipinski definition) is 4. The first-order valence-electron chi connectivity index (χ1n) is 7.52. The maximum atomic E-state index is 12.3. The molecule has 2 aromatic carbocycles. The van der Waals surface area contributed by atoms with Crippen molar-refractivity contribution in [2.24, 2.45) is 0 Å². The minimum atomic E-state index is -0.225. The molecule has 0 atom stereocenters. The predicted molar refractivity (Wildman–Crippen MR) is 93.3 cm³/mol. The Morgan fingerprint density at radius 3 is 2.12 bits per heavy atom. The van der Waals surface area contributed by atoms with Crippen LogP contribution < -0.4 is 5.32 Å². The summed E-state index contributed by atoms with van der Waals surface area (Å²) in [6.45, 7) is 1.83. The second kappa shape index (κ2) is 6.88. The van der Waals surface area contributed by atoms with E-state index in [-0.39, 0.29) is 17.7 Å². The van der Waals surface area contributed by atoms with Crippen molar-refractivity contribution in [3.05, 3.63) is 59.7 Å². The average Bonchev–Trinajstić information content (AvgIpc) is 2.81. The molecule has 24 heavy (non-hydrogen) atoms. The van der Waals surface area contributed by atoms with Crippen molar-refractivity contribution in [1.29, 1.82) is 0 Å². The Bertz CT molecular complexity index is 767. The second-order valence-corrected chi connectivity index (χ2v) is 6.53. The lowest BCUT2D eigenvalue weighted by molar-refractivity contribution is -0.114. The van der Waals surface area contributed by atoms with Crippen LogP contribution in [0, 0.1) is 0 Å². The van der Waals surface area contributed by atoms with Gasteiger partial charge in [0.15, 0.2) is 0 Å². The van der Waals surface area contributed by atoms with E-state index in [9.17, 15) is 14.4 Å². The maximum Gasteiger partial charge on any atom is 0.261 e. The molecule has 6 heteroatoms. The predicted octanol–water partition coefficient (Wildman–Crippen LogP) is 3.03. The molecule has 0 spiro atoms. The summed E-state index contributed by atoms with van der Waals surface area (Å²) in [4.78, 5) is 37.8. The zero-order chi connectivity index (χ0) is 17.1. The van der Waals surface area contributed by atoms with Crippen LogP contribution in [0.25, 0.3) is 0 Å². The molecule has 0 unspecified atom stereocenters. The van der Waals surface area contributed by atoms with Crippen molar-refractivity contribution >= 4 is 35.2 Å².